The summed E-state index contributed by atoms with van der Waals surface area (Å²) >= 11 is 0. The third-order valence-electron chi connectivity index (χ3n) is 3.78. The number of hydrogen-bond acceptors (Lipinski definition) is 1. The highest BCUT2D eigenvalue weighted by molar-refractivity contribution is 7.27. The van der Waals surface area contributed by atoms with Crippen molar-refractivity contribution < 1.29 is 9.18 Å². The third kappa shape index (κ3) is 2.56. The maximum Gasteiger partial charge on any atom is 0.209 e. The largest absolute Gasteiger partial charge is 0.345 e. The van der Waals surface area contributed by atoms with Crippen molar-refractivity contribution in [3.8, 4) is 0 Å². The summed E-state index contributed by atoms with van der Waals surface area (Å²) in [5, 5.41) is 0.640. The summed E-state index contributed by atoms with van der Waals surface area (Å²) in [4.78, 5) is 12.5. The Morgan fingerprint density at radius 1 is 1.44 bits per heavy atom. The Bertz CT molecular complexity index is 442. The third-order valence-corrected chi connectivity index (χ3v) is 4.23. The molecule has 2 rings (SSSR count). The average molecular weight is 267 g/mol. The van der Waals surface area contributed by atoms with E-state index in [2.05, 4.69) is 9.24 Å². The summed E-state index contributed by atoms with van der Waals surface area (Å²) in [5.74, 6) is 0.300. The van der Waals surface area contributed by atoms with Crippen LogP contribution in [0.2, 0.25) is 0 Å². The molecule has 4 heteroatoms. The molecule has 1 saturated heterocycles. The smallest absolute Gasteiger partial charge is 0.209 e. The second-order valence-corrected chi connectivity index (χ2v) is 5.43. The van der Waals surface area contributed by atoms with Crippen LogP contribution in [0.4, 0.5) is 4.39 Å². The molecule has 0 bridgehead atoms. The quantitative estimate of drug-likeness (QED) is 0.607. The number of benzene rings is 1. The molecule has 1 unspecified atom stereocenters. The standard InChI is InChI=1S/C14H19FNOP/c1-2-11-12(3-4-13(18)14(11)15)10-5-7-16(9-17)8-6-10/h3-4,9-10H,2,5-8,18H2,1H3. The normalized spacial score (nSPS) is 16.9. The lowest BCUT2D eigenvalue weighted by molar-refractivity contribution is -0.119. The summed E-state index contributed by atoms with van der Waals surface area (Å²) < 4.78 is 14.1. The van der Waals surface area contributed by atoms with Crippen LogP contribution >= 0.6 is 9.24 Å². The van der Waals surface area contributed by atoms with Gasteiger partial charge in [0, 0.05) is 18.4 Å². The van der Waals surface area contributed by atoms with Crippen LogP contribution in [0, 0.1) is 5.82 Å². The van der Waals surface area contributed by atoms with E-state index in [4.69, 9.17) is 0 Å². The van der Waals surface area contributed by atoms with Crippen molar-refractivity contribution >= 4 is 21.0 Å². The summed E-state index contributed by atoms with van der Waals surface area (Å²) in [6.45, 7) is 3.55. The highest BCUT2D eigenvalue weighted by Gasteiger charge is 2.23. The first-order valence-electron chi connectivity index (χ1n) is 6.43. The zero-order chi connectivity index (χ0) is 13.1. The van der Waals surface area contributed by atoms with Crippen LogP contribution in [-0.4, -0.2) is 24.4 Å². The second kappa shape index (κ2) is 5.79. The van der Waals surface area contributed by atoms with Gasteiger partial charge < -0.3 is 4.90 Å². The van der Waals surface area contributed by atoms with E-state index in [0.717, 1.165) is 49.9 Å². The Morgan fingerprint density at radius 3 is 2.67 bits per heavy atom. The molecular formula is C14H19FNOP. The zero-order valence-electron chi connectivity index (χ0n) is 10.7. The molecule has 0 N–H and O–H groups in total. The van der Waals surface area contributed by atoms with E-state index in [1.54, 1.807) is 4.90 Å². The Labute approximate surface area is 110 Å². The maximum atomic E-state index is 14.1. The fourth-order valence-electron chi connectivity index (χ4n) is 2.71. The van der Waals surface area contributed by atoms with Gasteiger partial charge in [-0.2, -0.15) is 0 Å². The highest BCUT2D eigenvalue weighted by Crippen LogP contribution is 2.31. The van der Waals surface area contributed by atoms with Crippen LogP contribution < -0.4 is 5.30 Å². The van der Waals surface area contributed by atoms with Crippen molar-refractivity contribution in [2.45, 2.75) is 32.1 Å². The van der Waals surface area contributed by atoms with Crippen molar-refractivity contribution in [3.63, 3.8) is 0 Å². The number of amides is 1. The van der Waals surface area contributed by atoms with E-state index in [1.165, 1.54) is 0 Å². The summed E-state index contributed by atoms with van der Waals surface area (Å²) in [6, 6.07) is 3.88. The van der Waals surface area contributed by atoms with Gasteiger partial charge in [0.15, 0.2) is 0 Å². The lowest BCUT2D eigenvalue weighted by Gasteiger charge is -2.30. The average Bonchev–Trinajstić information content (AvgIpc) is 2.42. The first-order chi connectivity index (χ1) is 8.67. The van der Waals surface area contributed by atoms with Gasteiger partial charge in [0.2, 0.25) is 6.41 Å². The van der Waals surface area contributed by atoms with Gasteiger partial charge >= 0.3 is 0 Å². The first-order valence-corrected chi connectivity index (χ1v) is 7.01. The number of likely N-dealkylation sites (tertiary alicyclic amines) is 1. The van der Waals surface area contributed by atoms with Gasteiger partial charge in [0.25, 0.3) is 0 Å². The van der Waals surface area contributed by atoms with E-state index >= 15 is 0 Å². The molecule has 0 spiro atoms. The lowest BCUT2D eigenvalue weighted by Crippen LogP contribution is -2.32. The number of halogens is 1. The van der Waals surface area contributed by atoms with Gasteiger partial charge in [-0.05, 0) is 36.3 Å². The monoisotopic (exact) mass is 267 g/mol. The second-order valence-electron chi connectivity index (χ2n) is 4.81. The zero-order valence-corrected chi connectivity index (χ0v) is 11.8. The van der Waals surface area contributed by atoms with Crippen molar-refractivity contribution in [2.75, 3.05) is 13.1 Å². The predicted molar refractivity (Wildman–Crippen MR) is 74.7 cm³/mol. The SMILES string of the molecule is CCc1c(C2CCN(C=O)CC2)ccc(P)c1F. The summed E-state index contributed by atoms with van der Waals surface area (Å²) in [7, 11) is 2.45. The molecular weight excluding hydrogens is 248 g/mol. The van der Waals surface area contributed by atoms with Crippen molar-refractivity contribution in [1.82, 2.24) is 4.90 Å². The number of hydrogen-bond donors (Lipinski definition) is 0. The van der Waals surface area contributed by atoms with E-state index in [9.17, 15) is 9.18 Å². The van der Waals surface area contributed by atoms with Gasteiger partial charge in [0.1, 0.15) is 5.82 Å². The number of piperidine rings is 1. The Kier molecular flexibility index (Phi) is 4.34. The minimum Gasteiger partial charge on any atom is -0.345 e. The van der Waals surface area contributed by atoms with Crippen LogP contribution in [0.5, 0.6) is 0 Å². The molecule has 0 radical (unpaired) electrons. The molecule has 1 amide bonds. The number of carbonyl (C=O) groups excluding carboxylic acids is 1. The minimum atomic E-state index is -0.0854. The highest BCUT2D eigenvalue weighted by atomic mass is 31.0. The van der Waals surface area contributed by atoms with Crippen LogP contribution in [0.1, 0.15) is 36.8 Å². The van der Waals surface area contributed by atoms with Crippen LogP contribution in [-0.2, 0) is 11.2 Å². The summed E-state index contributed by atoms with van der Waals surface area (Å²) in [5.41, 5.74) is 1.97. The van der Waals surface area contributed by atoms with Crippen molar-refractivity contribution in [3.05, 3.63) is 29.1 Å². The van der Waals surface area contributed by atoms with Crippen LogP contribution in [0.15, 0.2) is 12.1 Å². The van der Waals surface area contributed by atoms with E-state index in [-0.39, 0.29) is 5.82 Å². The molecule has 98 valence electrons. The van der Waals surface area contributed by atoms with Crippen molar-refractivity contribution in [1.29, 1.82) is 0 Å². The van der Waals surface area contributed by atoms with Gasteiger partial charge in [-0.3, -0.25) is 4.79 Å². The molecule has 1 atom stereocenters. The molecule has 0 aliphatic carbocycles. The molecule has 1 heterocycles. The Morgan fingerprint density at radius 2 is 2.11 bits per heavy atom. The van der Waals surface area contributed by atoms with E-state index < -0.39 is 0 Å². The molecule has 1 aliphatic heterocycles. The van der Waals surface area contributed by atoms with E-state index in [1.807, 2.05) is 19.1 Å². The molecule has 2 nitrogen and oxygen atoms in total. The van der Waals surface area contributed by atoms with Gasteiger partial charge in [-0.25, -0.2) is 4.39 Å². The van der Waals surface area contributed by atoms with E-state index in [0.29, 0.717) is 11.2 Å². The van der Waals surface area contributed by atoms with Gasteiger partial charge in [-0.15, -0.1) is 9.24 Å². The molecule has 1 aromatic carbocycles. The molecule has 1 aliphatic rings. The minimum absolute atomic E-state index is 0.0854. The van der Waals surface area contributed by atoms with Crippen molar-refractivity contribution in [2.24, 2.45) is 0 Å². The van der Waals surface area contributed by atoms with Crippen LogP contribution in [0.3, 0.4) is 0 Å². The Hall–Kier alpha value is -0.950. The van der Waals surface area contributed by atoms with Gasteiger partial charge in [0.05, 0.1) is 0 Å². The molecule has 1 aromatic rings. The molecule has 18 heavy (non-hydrogen) atoms. The lowest BCUT2D eigenvalue weighted by atomic mass is 9.85. The van der Waals surface area contributed by atoms with Gasteiger partial charge in [-0.1, -0.05) is 19.1 Å². The molecule has 0 aromatic heterocycles. The number of carbonyl (C=O) groups is 1. The Balaban J connectivity index is 2.24. The maximum absolute atomic E-state index is 14.1. The fraction of sp³-hybridized carbons (Fsp3) is 0.500. The number of rotatable bonds is 3. The molecule has 0 saturated carbocycles. The fourth-order valence-corrected chi connectivity index (χ4v) is 2.98. The van der Waals surface area contributed by atoms with Crippen LogP contribution in [0.25, 0.3) is 0 Å². The summed E-state index contributed by atoms with van der Waals surface area (Å²) in [6.07, 6.45) is 3.49. The number of nitrogens with zero attached hydrogens (tertiary/aromatic N) is 1. The predicted octanol–water partition coefficient (Wildman–Crippen LogP) is 2.22. The molecule has 1 fully saturated rings. The topological polar surface area (TPSA) is 20.3 Å². The first kappa shape index (κ1) is 13.5.